The summed E-state index contributed by atoms with van der Waals surface area (Å²) < 4.78 is 0. The van der Waals surface area contributed by atoms with Crippen LogP contribution in [0, 0.1) is 11.3 Å². The van der Waals surface area contributed by atoms with E-state index in [4.69, 9.17) is 5.26 Å². The summed E-state index contributed by atoms with van der Waals surface area (Å²) in [6.45, 7) is 3.81. The van der Waals surface area contributed by atoms with E-state index in [1.165, 1.54) is 0 Å². The molecule has 0 spiro atoms. The molecule has 0 unspecified atom stereocenters. The maximum absolute atomic E-state index is 9.12. The highest BCUT2D eigenvalue weighted by molar-refractivity contribution is 5.57. The minimum atomic E-state index is -0.480. The number of anilines is 1. The van der Waals surface area contributed by atoms with Crippen LogP contribution in [0.3, 0.4) is 0 Å². The second-order valence-corrected chi connectivity index (χ2v) is 4.83. The highest BCUT2D eigenvalue weighted by Crippen LogP contribution is 2.24. The van der Waals surface area contributed by atoms with Crippen molar-refractivity contribution >= 4 is 5.82 Å². The van der Waals surface area contributed by atoms with E-state index in [0.717, 1.165) is 16.9 Å². The van der Waals surface area contributed by atoms with Gasteiger partial charge >= 0.3 is 0 Å². The van der Waals surface area contributed by atoms with Crippen LogP contribution in [0.2, 0.25) is 0 Å². The molecular formula is C15H16N4. The number of aromatic nitrogens is 2. The Balaban J connectivity index is 2.35. The van der Waals surface area contributed by atoms with Crippen molar-refractivity contribution in [1.29, 1.82) is 5.26 Å². The zero-order valence-electron chi connectivity index (χ0n) is 11.3. The van der Waals surface area contributed by atoms with Gasteiger partial charge in [-0.15, -0.1) is 0 Å². The van der Waals surface area contributed by atoms with Gasteiger partial charge in [0.1, 0.15) is 5.82 Å². The number of nitrogens with one attached hydrogen (secondary N) is 1. The summed E-state index contributed by atoms with van der Waals surface area (Å²) in [5, 5.41) is 12.1. The second kappa shape index (κ2) is 5.07. The lowest BCUT2D eigenvalue weighted by molar-refractivity contribution is 0.687. The Kier molecular flexibility index (Phi) is 3.48. The molecule has 0 fully saturated rings. The van der Waals surface area contributed by atoms with Gasteiger partial charge in [0, 0.05) is 18.8 Å². The maximum Gasteiger partial charge on any atom is 0.161 e. The van der Waals surface area contributed by atoms with Crippen LogP contribution in [0.4, 0.5) is 5.82 Å². The largest absolute Gasteiger partial charge is 0.373 e. The fourth-order valence-electron chi connectivity index (χ4n) is 1.74. The Hall–Kier alpha value is -2.41. The van der Waals surface area contributed by atoms with Gasteiger partial charge in [0.2, 0.25) is 0 Å². The first-order valence-electron chi connectivity index (χ1n) is 6.10. The second-order valence-electron chi connectivity index (χ2n) is 4.83. The van der Waals surface area contributed by atoms with Gasteiger partial charge in [0.15, 0.2) is 5.82 Å². The molecule has 2 rings (SSSR count). The number of hydrogen-bond acceptors (Lipinski definition) is 4. The molecule has 4 heteroatoms. The minimum absolute atomic E-state index is 0.480. The fourth-order valence-corrected chi connectivity index (χ4v) is 1.74. The maximum atomic E-state index is 9.12. The minimum Gasteiger partial charge on any atom is -0.373 e. The van der Waals surface area contributed by atoms with Gasteiger partial charge in [0.25, 0.3) is 0 Å². The summed E-state index contributed by atoms with van der Waals surface area (Å²) in [5.74, 6) is 1.46. The van der Waals surface area contributed by atoms with Gasteiger partial charge in [-0.3, -0.25) is 0 Å². The van der Waals surface area contributed by atoms with Crippen molar-refractivity contribution in [2.24, 2.45) is 0 Å². The smallest absolute Gasteiger partial charge is 0.161 e. The van der Waals surface area contributed by atoms with E-state index < -0.39 is 5.41 Å². The van der Waals surface area contributed by atoms with Crippen molar-refractivity contribution in [3.63, 3.8) is 0 Å². The molecule has 0 saturated carbocycles. The molecule has 19 heavy (non-hydrogen) atoms. The van der Waals surface area contributed by atoms with E-state index in [-0.39, 0.29) is 0 Å². The van der Waals surface area contributed by atoms with Gasteiger partial charge in [-0.2, -0.15) is 5.26 Å². The van der Waals surface area contributed by atoms with Crippen LogP contribution in [0.1, 0.15) is 19.4 Å². The number of nitriles is 1. The highest BCUT2D eigenvalue weighted by Gasteiger charge is 2.19. The average molecular weight is 252 g/mol. The van der Waals surface area contributed by atoms with Crippen LogP contribution in [0.5, 0.6) is 0 Å². The molecule has 1 aromatic heterocycles. The predicted octanol–water partition coefficient (Wildman–Crippen LogP) is 2.99. The fraction of sp³-hybridized carbons (Fsp3) is 0.267. The Labute approximate surface area is 113 Å². The lowest BCUT2D eigenvalue weighted by Gasteiger charge is -2.15. The molecule has 0 amide bonds. The van der Waals surface area contributed by atoms with Gasteiger partial charge in [-0.1, -0.05) is 24.3 Å². The van der Waals surface area contributed by atoms with E-state index in [2.05, 4.69) is 21.4 Å². The Morgan fingerprint density at radius 3 is 2.42 bits per heavy atom. The van der Waals surface area contributed by atoms with E-state index in [0.29, 0.717) is 5.82 Å². The highest BCUT2D eigenvalue weighted by atomic mass is 15.0. The summed E-state index contributed by atoms with van der Waals surface area (Å²) in [6.07, 6.45) is 1.72. The van der Waals surface area contributed by atoms with Crippen LogP contribution in [-0.4, -0.2) is 17.0 Å². The lowest BCUT2D eigenvalue weighted by atomic mass is 9.86. The molecule has 0 atom stereocenters. The Morgan fingerprint density at radius 1 is 1.16 bits per heavy atom. The topological polar surface area (TPSA) is 61.6 Å². The molecule has 0 saturated heterocycles. The number of benzene rings is 1. The Bertz CT molecular complexity index is 609. The number of hydrogen-bond donors (Lipinski definition) is 1. The standard InChI is InChI=1S/C15H16N4/c1-15(2,10-16)12-6-4-11(5-7-12)14-18-9-8-13(17-3)19-14/h4-9H,1-3H3,(H,17,18,19). The molecule has 0 radical (unpaired) electrons. The summed E-state index contributed by atoms with van der Waals surface area (Å²) in [6, 6.07) is 11.9. The molecule has 0 bridgehead atoms. The normalized spacial score (nSPS) is 10.8. The van der Waals surface area contributed by atoms with E-state index in [1.54, 1.807) is 6.20 Å². The van der Waals surface area contributed by atoms with Crippen molar-refractivity contribution in [3.05, 3.63) is 42.1 Å². The van der Waals surface area contributed by atoms with Crippen LogP contribution in [-0.2, 0) is 5.41 Å². The first-order chi connectivity index (χ1) is 9.06. The van der Waals surface area contributed by atoms with Crippen LogP contribution in [0.15, 0.2) is 36.5 Å². The van der Waals surface area contributed by atoms with E-state index in [9.17, 15) is 0 Å². The lowest BCUT2D eigenvalue weighted by Crippen LogP contribution is -2.13. The zero-order valence-corrected chi connectivity index (χ0v) is 11.3. The van der Waals surface area contributed by atoms with Gasteiger partial charge < -0.3 is 5.32 Å². The first kappa shape index (κ1) is 13.0. The van der Waals surface area contributed by atoms with Crippen LogP contribution in [0.25, 0.3) is 11.4 Å². The molecule has 0 aliphatic rings. The molecule has 0 aliphatic carbocycles. The van der Waals surface area contributed by atoms with Crippen molar-refractivity contribution in [2.75, 3.05) is 12.4 Å². The number of rotatable bonds is 3. The first-order valence-corrected chi connectivity index (χ1v) is 6.10. The molecule has 0 aliphatic heterocycles. The molecule has 96 valence electrons. The third-order valence-electron chi connectivity index (χ3n) is 3.06. The van der Waals surface area contributed by atoms with E-state index >= 15 is 0 Å². The summed E-state index contributed by atoms with van der Waals surface area (Å²) in [4.78, 5) is 8.64. The predicted molar refractivity (Wildman–Crippen MR) is 75.7 cm³/mol. The van der Waals surface area contributed by atoms with Crippen molar-refractivity contribution in [3.8, 4) is 17.5 Å². The third-order valence-corrected chi connectivity index (χ3v) is 3.06. The molecule has 1 aromatic carbocycles. The average Bonchev–Trinajstić information content (AvgIpc) is 2.47. The molecule has 2 aromatic rings. The Morgan fingerprint density at radius 2 is 1.84 bits per heavy atom. The van der Waals surface area contributed by atoms with Gasteiger partial charge in [-0.05, 0) is 25.5 Å². The quantitative estimate of drug-likeness (QED) is 0.912. The molecular weight excluding hydrogens is 236 g/mol. The van der Waals surface area contributed by atoms with Crippen molar-refractivity contribution in [2.45, 2.75) is 19.3 Å². The van der Waals surface area contributed by atoms with Crippen LogP contribution < -0.4 is 5.32 Å². The monoisotopic (exact) mass is 252 g/mol. The van der Waals surface area contributed by atoms with Gasteiger partial charge in [0.05, 0.1) is 11.5 Å². The van der Waals surface area contributed by atoms with Gasteiger partial charge in [-0.25, -0.2) is 9.97 Å². The summed E-state index contributed by atoms with van der Waals surface area (Å²) >= 11 is 0. The molecule has 1 N–H and O–H groups in total. The molecule has 4 nitrogen and oxygen atoms in total. The van der Waals surface area contributed by atoms with Crippen LogP contribution >= 0.6 is 0 Å². The summed E-state index contributed by atoms with van der Waals surface area (Å²) in [7, 11) is 1.82. The van der Waals surface area contributed by atoms with E-state index in [1.807, 2.05) is 51.2 Å². The number of nitrogens with zero attached hydrogens (tertiary/aromatic N) is 3. The third kappa shape index (κ3) is 2.71. The van der Waals surface area contributed by atoms with Crippen molar-refractivity contribution < 1.29 is 0 Å². The van der Waals surface area contributed by atoms with Crippen molar-refractivity contribution in [1.82, 2.24) is 9.97 Å². The zero-order chi connectivity index (χ0) is 13.9. The molecule has 1 heterocycles. The SMILES string of the molecule is CNc1ccnc(-c2ccc(C(C)(C)C#N)cc2)n1. The summed E-state index contributed by atoms with van der Waals surface area (Å²) in [5.41, 5.74) is 1.45.